The molecule has 0 unspecified atom stereocenters. The van der Waals surface area contributed by atoms with Crippen molar-refractivity contribution in [1.82, 2.24) is 28.7 Å². The van der Waals surface area contributed by atoms with Gasteiger partial charge in [-0.2, -0.15) is 4.98 Å². The standard InChI is InChI=1S/C16H23N7O.C5H6N2O2.C5H8N2.C4H4N2O2.CH3I.CH3.Na.Pd.H2.H/c1-23-7-6-10(9-23)20-15-11(14(18)24)8-19-16(22-15)21-13-5-3-2-4-12(13)17;1-6-3-2-5(4-6)7(8)9;1-7-3-2-5(6)4-7;7-6(8)4-1-2-5-3-4;1-2;;;;;/h6-9,12-13H,2-5,17H2,1H3,(H2,18,24)(H2,19,20,21,22);2-4H,1H3;2-4H,6H2,1H3;1-3,5H;1H3;1H3;;;1H;/q;;;;;-1;+1;;;-1/t12-,13+;;;;;;;;;/m0........./s1. The van der Waals surface area contributed by atoms with Crippen LogP contribution >= 0.6 is 22.6 Å². The number of aromatic amines is 1. The first-order valence-corrected chi connectivity index (χ1v) is 17.3. The minimum absolute atomic E-state index is 0. The number of nitrogens with zero attached hydrogens (tertiary/aromatic N) is 7. The van der Waals surface area contributed by atoms with Crippen LogP contribution in [0, 0.1) is 27.7 Å². The summed E-state index contributed by atoms with van der Waals surface area (Å²) < 4.78 is 5.45. The Balaban J connectivity index is -0.000000349. The van der Waals surface area contributed by atoms with Crippen LogP contribution in [0.15, 0.2) is 80.0 Å². The maximum Gasteiger partial charge on any atom is 1.00 e. The number of anilines is 4. The smallest absolute Gasteiger partial charge is 1.00 e. The van der Waals surface area contributed by atoms with Crippen LogP contribution in [-0.4, -0.2) is 61.4 Å². The summed E-state index contributed by atoms with van der Waals surface area (Å²) in [5.74, 6) is 0.255. The van der Waals surface area contributed by atoms with Crippen molar-refractivity contribution >= 4 is 63.0 Å². The van der Waals surface area contributed by atoms with E-state index in [2.05, 4.69) is 48.2 Å². The number of aromatic nitrogens is 6. The maximum atomic E-state index is 11.6. The third-order valence-corrected chi connectivity index (χ3v) is 6.96. The zero-order valence-corrected chi connectivity index (χ0v) is 36.3. The first-order chi connectivity index (χ1) is 23.8. The molecule has 1 saturated carbocycles. The van der Waals surface area contributed by atoms with Crippen molar-refractivity contribution in [2.45, 2.75) is 37.8 Å². The summed E-state index contributed by atoms with van der Waals surface area (Å²) in [6.45, 7) is 0. The monoisotopic (exact) mass is 952 g/mol. The molecule has 1 aliphatic rings. The molecule has 0 saturated heterocycles. The molecular formula is C32H50IN13NaO5Pd-. The predicted octanol–water partition coefficient (Wildman–Crippen LogP) is 2.66. The summed E-state index contributed by atoms with van der Waals surface area (Å²) in [7, 11) is 5.60. The van der Waals surface area contributed by atoms with Gasteiger partial charge in [0.05, 0.1) is 27.9 Å². The topological polar surface area (TPSA) is 262 Å². The molecule has 1 aliphatic carbocycles. The van der Waals surface area contributed by atoms with Crippen molar-refractivity contribution in [1.29, 1.82) is 0 Å². The van der Waals surface area contributed by atoms with Crippen molar-refractivity contribution in [2.24, 2.45) is 32.6 Å². The van der Waals surface area contributed by atoms with Crippen molar-refractivity contribution in [3.8, 4) is 0 Å². The molecule has 5 heterocycles. The summed E-state index contributed by atoms with van der Waals surface area (Å²) in [4.78, 5) is 43.8. The van der Waals surface area contributed by atoms with Gasteiger partial charge < -0.3 is 55.4 Å². The van der Waals surface area contributed by atoms with Crippen LogP contribution in [0.4, 0.5) is 34.5 Å². The van der Waals surface area contributed by atoms with Crippen LogP contribution < -0.4 is 57.4 Å². The number of hydrogen-bond acceptors (Lipinski definition) is 11. The van der Waals surface area contributed by atoms with E-state index in [4.69, 9.17) is 17.2 Å². The van der Waals surface area contributed by atoms with Crippen LogP contribution in [0.2, 0.25) is 0 Å². The summed E-state index contributed by atoms with van der Waals surface area (Å²) in [6.07, 6.45) is 19.2. The Morgan fingerprint density at radius 3 is 1.96 bits per heavy atom. The molecule has 6 rings (SSSR count). The second kappa shape index (κ2) is 26.9. The zero-order valence-electron chi connectivity index (χ0n) is 31.6. The average Bonchev–Trinajstić information content (AvgIpc) is 3.91. The Morgan fingerprint density at radius 1 is 0.981 bits per heavy atom. The molecule has 53 heavy (non-hydrogen) atoms. The molecule has 0 spiro atoms. The van der Waals surface area contributed by atoms with Gasteiger partial charge in [0, 0.05) is 116 Å². The molecule has 18 nitrogen and oxygen atoms in total. The van der Waals surface area contributed by atoms with Gasteiger partial charge in [0.25, 0.3) is 17.3 Å². The quantitative estimate of drug-likeness (QED) is 0.0345. The number of alkyl halides is 1. The van der Waals surface area contributed by atoms with E-state index in [1.807, 2.05) is 65.1 Å². The fraction of sp³-hybridized carbons (Fsp3) is 0.312. The van der Waals surface area contributed by atoms with Gasteiger partial charge in [-0.15, -0.1) is 0 Å². The molecule has 0 aliphatic heterocycles. The van der Waals surface area contributed by atoms with Gasteiger partial charge in [0.2, 0.25) is 5.95 Å². The minimum Gasteiger partial charge on any atom is -1.00 e. The van der Waals surface area contributed by atoms with E-state index in [9.17, 15) is 25.0 Å². The molecule has 9 N–H and O–H groups in total. The average molecular weight is 953 g/mol. The SMILES string of the molecule is CI.Cn1ccc(N)c1.Cn1ccc(Nc2nc(N[C@@H]3CCCC[C@@H]3N)ncc2C(N)=O)c1.Cn1ccc([N+](=O)[O-])c1.O=[N+]([O-])c1cc[nH]c1.[CH3-].[H-].[HH].[Na+].[Pd]. The van der Waals surface area contributed by atoms with E-state index in [0.29, 0.717) is 11.8 Å². The normalized spacial score (nSPS) is 13.6. The van der Waals surface area contributed by atoms with Gasteiger partial charge in [-0.1, -0.05) is 35.4 Å². The molecule has 1 amide bonds. The van der Waals surface area contributed by atoms with Gasteiger partial charge in [0.15, 0.2) is 0 Å². The van der Waals surface area contributed by atoms with E-state index in [0.717, 1.165) is 37.1 Å². The van der Waals surface area contributed by atoms with E-state index >= 15 is 0 Å². The molecule has 292 valence electrons. The van der Waals surface area contributed by atoms with Crippen molar-refractivity contribution in [2.75, 3.05) is 21.3 Å². The maximum absolute atomic E-state index is 11.6. The molecular weight excluding hydrogens is 903 g/mol. The second-order valence-electron chi connectivity index (χ2n) is 10.9. The number of nitrogens with two attached hydrogens (primary N) is 3. The van der Waals surface area contributed by atoms with Gasteiger partial charge in [-0.25, -0.2) is 4.98 Å². The van der Waals surface area contributed by atoms with Crippen molar-refractivity contribution < 1.29 is 67.5 Å². The summed E-state index contributed by atoms with van der Waals surface area (Å²) in [5, 5.41) is 26.3. The largest absolute Gasteiger partial charge is 1.00 e. The van der Waals surface area contributed by atoms with Crippen molar-refractivity contribution in [3.63, 3.8) is 0 Å². The Labute approximate surface area is 361 Å². The van der Waals surface area contributed by atoms with Crippen molar-refractivity contribution in [3.05, 3.63) is 113 Å². The molecule has 2 atom stereocenters. The number of carbonyl (C=O) groups excluding carboxylic acids is 1. The fourth-order valence-electron chi connectivity index (χ4n) is 4.50. The molecule has 0 aromatic carbocycles. The van der Waals surface area contributed by atoms with E-state index in [-0.39, 0.29) is 89.3 Å². The summed E-state index contributed by atoms with van der Waals surface area (Å²) in [6, 6.07) is 6.84. The number of nitrogen functional groups attached to an aromatic ring is 1. The van der Waals surface area contributed by atoms with Crippen LogP contribution in [0.1, 0.15) is 38.9 Å². The second-order valence-corrected chi connectivity index (χ2v) is 10.9. The Kier molecular flexibility index (Phi) is 26.1. The first kappa shape index (κ1) is 51.3. The summed E-state index contributed by atoms with van der Waals surface area (Å²) >= 11 is 2.15. The predicted molar refractivity (Wildman–Crippen MR) is 212 cm³/mol. The van der Waals surface area contributed by atoms with Gasteiger partial charge >= 0.3 is 29.6 Å². The number of hydrogen-bond donors (Lipinski definition) is 6. The molecule has 0 radical (unpaired) electrons. The zero-order chi connectivity index (χ0) is 37.2. The van der Waals surface area contributed by atoms with Crippen LogP contribution in [-0.2, 0) is 41.6 Å². The molecule has 5 aromatic rings. The van der Waals surface area contributed by atoms with Gasteiger partial charge in [0.1, 0.15) is 11.4 Å². The van der Waals surface area contributed by atoms with E-state index < -0.39 is 15.8 Å². The number of aryl methyl sites for hydroxylation is 3. The third-order valence-electron chi connectivity index (χ3n) is 6.96. The van der Waals surface area contributed by atoms with E-state index in [1.165, 1.54) is 36.9 Å². The van der Waals surface area contributed by atoms with Crippen LogP contribution in [0.25, 0.3) is 0 Å². The number of H-pyrrole nitrogens is 1. The number of halogens is 1. The van der Waals surface area contributed by atoms with Crippen LogP contribution in [0.3, 0.4) is 0 Å². The number of rotatable bonds is 7. The number of nitrogens with one attached hydrogen (secondary N) is 3. The number of primary amides is 1. The molecule has 21 heteroatoms. The molecule has 0 bridgehead atoms. The third kappa shape index (κ3) is 18.7. The fourth-order valence-corrected chi connectivity index (χ4v) is 4.50. The van der Waals surface area contributed by atoms with E-state index in [1.54, 1.807) is 17.8 Å². The molecule has 1 fully saturated rings. The van der Waals surface area contributed by atoms with Gasteiger partial charge in [-0.05, 0) is 29.9 Å². The van der Waals surface area contributed by atoms with Crippen LogP contribution in [0.5, 0.6) is 0 Å². The Hall–Kier alpha value is -3.78. The van der Waals surface area contributed by atoms with Gasteiger partial charge in [-0.3, -0.25) is 25.0 Å². The number of nitro groups is 2. The Morgan fingerprint density at radius 2 is 1.57 bits per heavy atom. The number of amides is 1. The molecule has 5 aromatic heterocycles. The first-order valence-electron chi connectivity index (χ1n) is 15.2. The minimum atomic E-state index is -0.575. The Bertz CT molecular complexity index is 1780. The summed E-state index contributed by atoms with van der Waals surface area (Å²) in [5.41, 5.74) is 19.1. The number of carbonyl (C=O) groups is 1.